The van der Waals surface area contributed by atoms with Crippen LogP contribution in [0.5, 0.6) is 0 Å². The summed E-state index contributed by atoms with van der Waals surface area (Å²) < 4.78 is 0. The molecule has 0 spiro atoms. The van der Waals surface area contributed by atoms with Crippen molar-refractivity contribution in [1.29, 1.82) is 0 Å². The number of hydrazine groups is 1. The zero-order valence-electron chi connectivity index (χ0n) is 4.00. The molecule has 1 heterocycles. The van der Waals surface area contributed by atoms with E-state index in [1.807, 2.05) is 0 Å². The van der Waals surface area contributed by atoms with Gasteiger partial charge in [0.2, 0.25) is 0 Å². The molecular weight excluding hydrogens is 128 g/mol. The summed E-state index contributed by atoms with van der Waals surface area (Å²) in [5.74, 6) is 0. The van der Waals surface area contributed by atoms with Gasteiger partial charge < -0.3 is 0 Å². The number of nitrogens with zero attached hydrogens (tertiary/aromatic N) is 1. The van der Waals surface area contributed by atoms with Gasteiger partial charge in [0.25, 0.3) is 0 Å². The number of hydroxylamine groups is 1. The molecule has 0 aromatic rings. The van der Waals surface area contributed by atoms with Crippen LogP contribution in [0.25, 0.3) is 0 Å². The summed E-state index contributed by atoms with van der Waals surface area (Å²) in [4.78, 5) is 0. The first-order valence-corrected chi connectivity index (χ1v) is 2.46. The second kappa shape index (κ2) is 2.07. The van der Waals surface area contributed by atoms with E-state index >= 15 is 0 Å². The van der Waals surface area contributed by atoms with E-state index < -0.39 is 0 Å². The highest BCUT2D eigenvalue weighted by Crippen LogP contribution is 2.06. The highest BCUT2D eigenvalue weighted by Gasteiger charge is 2.00. The average molecular weight is 133 g/mol. The third-order valence-electron chi connectivity index (χ3n) is 0.729. The summed E-state index contributed by atoms with van der Waals surface area (Å²) in [5.41, 5.74) is 2.44. The molecule has 0 aromatic heterocycles. The van der Waals surface area contributed by atoms with Crippen molar-refractivity contribution in [3.8, 4) is 0 Å². The predicted molar refractivity (Wildman–Crippen MR) is 29.8 cm³/mol. The minimum absolute atomic E-state index is 0.257. The van der Waals surface area contributed by atoms with Gasteiger partial charge in [-0.15, -0.1) is 0 Å². The molecule has 8 heavy (non-hydrogen) atoms. The van der Waals surface area contributed by atoms with E-state index in [9.17, 15) is 0 Å². The van der Waals surface area contributed by atoms with Gasteiger partial charge in [0, 0.05) is 6.20 Å². The van der Waals surface area contributed by atoms with E-state index in [1.165, 1.54) is 0 Å². The molecule has 2 N–H and O–H groups in total. The summed E-state index contributed by atoms with van der Waals surface area (Å²) >= 11 is 5.39. The summed E-state index contributed by atoms with van der Waals surface area (Å²) in [6.07, 6.45) is 4.82. The Kier molecular flexibility index (Phi) is 1.41. The monoisotopic (exact) mass is 132 g/mol. The van der Waals surface area contributed by atoms with Gasteiger partial charge in [-0.1, -0.05) is 11.6 Å². The van der Waals surface area contributed by atoms with Crippen LogP contribution in [0.2, 0.25) is 0 Å². The average Bonchev–Trinajstić information content (AvgIpc) is 1.77. The van der Waals surface area contributed by atoms with E-state index in [-0.39, 0.29) is 5.16 Å². The van der Waals surface area contributed by atoms with Crippen molar-refractivity contribution in [2.75, 3.05) is 0 Å². The maximum Gasteiger partial charge on any atom is 0.153 e. The molecule has 4 heteroatoms. The van der Waals surface area contributed by atoms with Crippen molar-refractivity contribution < 1.29 is 5.21 Å². The third kappa shape index (κ3) is 0.936. The second-order valence-electron chi connectivity index (χ2n) is 1.29. The molecule has 0 saturated heterocycles. The zero-order chi connectivity index (χ0) is 5.98. The Morgan fingerprint density at radius 2 is 2.50 bits per heavy atom. The molecular formula is C4H5ClN2O. The molecule has 0 atom stereocenters. The minimum atomic E-state index is 0.257. The fourth-order valence-corrected chi connectivity index (χ4v) is 0.495. The van der Waals surface area contributed by atoms with Crippen LogP contribution < -0.4 is 5.43 Å². The first-order valence-electron chi connectivity index (χ1n) is 2.08. The summed E-state index contributed by atoms with van der Waals surface area (Å²) in [7, 11) is 0. The lowest BCUT2D eigenvalue weighted by Gasteiger charge is -2.16. The lowest BCUT2D eigenvalue weighted by Crippen LogP contribution is -2.29. The van der Waals surface area contributed by atoms with Crippen molar-refractivity contribution in [3.05, 3.63) is 23.5 Å². The SMILES string of the molecule is ON1NC=CC=C1Cl. The van der Waals surface area contributed by atoms with E-state index in [2.05, 4.69) is 5.43 Å². The van der Waals surface area contributed by atoms with E-state index in [0.717, 1.165) is 5.17 Å². The highest BCUT2D eigenvalue weighted by molar-refractivity contribution is 6.29. The van der Waals surface area contributed by atoms with Crippen LogP contribution in [0.4, 0.5) is 0 Å². The van der Waals surface area contributed by atoms with Crippen molar-refractivity contribution in [1.82, 2.24) is 10.6 Å². The van der Waals surface area contributed by atoms with E-state index in [4.69, 9.17) is 16.8 Å². The van der Waals surface area contributed by atoms with E-state index in [1.54, 1.807) is 18.4 Å². The molecule has 0 fully saturated rings. The third-order valence-corrected chi connectivity index (χ3v) is 1.02. The summed E-state index contributed by atoms with van der Waals surface area (Å²) in [6.45, 7) is 0. The number of rotatable bonds is 0. The molecule has 0 amide bonds. The fourth-order valence-electron chi connectivity index (χ4n) is 0.373. The van der Waals surface area contributed by atoms with Gasteiger partial charge in [0.1, 0.15) is 0 Å². The van der Waals surface area contributed by atoms with Crippen molar-refractivity contribution in [2.45, 2.75) is 0 Å². The molecule has 3 nitrogen and oxygen atoms in total. The highest BCUT2D eigenvalue weighted by atomic mass is 35.5. The van der Waals surface area contributed by atoms with Crippen LogP contribution in [0.15, 0.2) is 23.5 Å². The van der Waals surface area contributed by atoms with Crippen LogP contribution in [-0.4, -0.2) is 10.4 Å². The van der Waals surface area contributed by atoms with Crippen LogP contribution >= 0.6 is 11.6 Å². The Balaban J connectivity index is 2.66. The van der Waals surface area contributed by atoms with Crippen LogP contribution in [0.3, 0.4) is 0 Å². The Hall–Kier alpha value is -0.670. The van der Waals surface area contributed by atoms with Gasteiger partial charge in [0.15, 0.2) is 5.16 Å². The van der Waals surface area contributed by atoms with Crippen LogP contribution in [-0.2, 0) is 0 Å². The molecule has 1 aliphatic heterocycles. The Bertz CT molecular complexity index is 143. The van der Waals surface area contributed by atoms with Gasteiger partial charge in [-0.05, 0) is 12.2 Å². The maximum atomic E-state index is 8.65. The Labute approximate surface area is 51.8 Å². The molecule has 44 valence electrons. The Morgan fingerprint density at radius 1 is 1.75 bits per heavy atom. The molecule has 0 unspecified atom stereocenters. The van der Waals surface area contributed by atoms with Gasteiger partial charge in [-0.25, -0.2) is 0 Å². The molecule has 0 radical (unpaired) electrons. The molecule has 1 aliphatic rings. The summed E-state index contributed by atoms with van der Waals surface area (Å²) in [5, 5.41) is 9.63. The topological polar surface area (TPSA) is 35.5 Å². The molecule has 0 saturated carbocycles. The van der Waals surface area contributed by atoms with Gasteiger partial charge in [-0.2, -0.15) is 5.17 Å². The molecule has 0 aliphatic carbocycles. The fraction of sp³-hybridized carbons (Fsp3) is 0. The number of nitrogens with one attached hydrogen (secondary N) is 1. The Morgan fingerprint density at radius 3 is 2.88 bits per heavy atom. The van der Waals surface area contributed by atoms with Gasteiger partial charge in [0.05, 0.1) is 0 Å². The lowest BCUT2D eigenvalue weighted by atomic mass is 10.5. The van der Waals surface area contributed by atoms with Crippen LogP contribution in [0, 0.1) is 0 Å². The lowest BCUT2D eigenvalue weighted by molar-refractivity contribution is -0.0817. The number of halogens is 1. The maximum absolute atomic E-state index is 8.65. The second-order valence-corrected chi connectivity index (χ2v) is 1.68. The number of allylic oxidation sites excluding steroid dienone is 2. The largest absolute Gasteiger partial charge is 0.281 e. The smallest absolute Gasteiger partial charge is 0.153 e. The van der Waals surface area contributed by atoms with Crippen LogP contribution in [0.1, 0.15) is 0 Å². The quantitative estimate of drug-likeness (QED) is 0.479. The van der Waals surface area contributed by atoms with Gasteiger partial charge in [-0.3, -0.25) is 10.6 Å². The molecule has 1 rings (SSSR count). The van der Waals surface area contributed by atoms with Crippen molar-refractivity contribution in [3.63, 3.8) is 0 Å². The first kappa shape index (κ1) is 5.47. The number of hydrogen-bond acceptors (Lipinski definition) is 3. The standard InChI is InChI=1S/C4H5ClN2O/c5-4-2-1-3-6-7(4)8/h1-3,6,8H. The molecule has 0 bridgehead atoms. The summed E-state index contributed by atoms with van der Waals surface area (Å²) in [6, 6.07) is 0. The predicted octanol–water partition coefficient (Wildman–Crippen LogP) is 0.790. The zero-order valence-corrected chi connectivity index (χ0v) is 4.76. The minimum Gasteiger partial charge on any atom is -0.281 e. The van der Waals surface area contributed by atoms with E-state index in [0.29, 0.717) is 0 Å². The van der Waals surface area contributed by atoms with Crippen molar-refractivity contribution >= 4 is 11.6 Å². The van der Waals surface area contributed by atoms with Crippen molar-refractivity contribution in [2.24, 2.45) is 0 Å². The molecule has 0 aromatic carbocycles. The van der Waals surface area contributed by atoms with Gasteiger partial charge >= 0.3 is 0 Å². The normalized spacial score (nSPS) is 17.8. The first-order chi connectivity index (χ1) is 3.80. The number of hydrogen-bond donors (Lipinski definition) is 2.